The maximum absolute atomic E-state index is 13.1. The number of carbonyl (C=O) groups is 2. The van der Waals surface area contributed by atoms with Gasteiger partial charge in [0.1, 0.15) is 5.88 Å². The van der Waals surface area contributed by atoms with Crippen LogP contribution in [0.3, 0.4) is 0 Å². The largest absolute Gasteiger partial charge is 0.459 e. The van der Waals surface area contributed by atoms with E-state index in [1.165, 1.54) is 6.26 Å². The highest BCUT2D eigenvalue weighted by molar-refractivity contribution is 6.29. The molecule has 0 spiro atoms. The first-order chi connectivity index (χ1) is 14.1. The fraction of sp³-hybridized carbons (Fsp3) is 0.217. The Morgan fingerprint density at radius 2 is 1.79 bits per heavy atom. The average Bonchev–Trinajstić information content (AvgIpc) is 3.29. The van der Waals surface area contributed by atoms with Gasteiger partial charge in [-0.2, -0.15) is 0 Å². The summed E-state index contributed by atoms with van der Waals surface area (Å²) in [5.41, 5.74) is 2.48. The van der Waals surface area contributed by atoms with Crippen LogP contribution in [-0.4, -0.2) is 23.7 Å². The first kappa shape index (κ1) is 19.3. The normalized spacial score (nSPS) is 18.2. The molecule has 4 rings (SSSR count). The average molecular weight is 409 g/mol. The van der Waals surface area contributed by atoms with Gasteiger partial charge >= 0.3 is 0 Å². The summed E-state index contributed by atoms with van der Waals surface area (Å²) in [5, 5.41) is 0. The predicted molar refractivity (Wildman–Crippen MR) is 113 cm³/mol. The number of benzene rings is 2. The summed E-state index contributed by atoms with van der Waals surface area (Å²) in [6.45, 7) is 1.98. The predicted octanol–water partition coefficient (Wildman–Crippen LogP) is 5.03. The van der Waals surface area contributed by atoms with Gasteiger partial charge in [0.25, 0.3) is 5.91 Å². The Bertz CT molecular complexity index is 1000. The second-order valence-corrected chi connectivity index (χ2v) is 7.31. The molecule has 2 aromatic carbocycles. The lowest BCUT2D eigenvalue weighted by Gasteiger charge is -2.43. The van der Waals surface area contributed by atoms with Gasteiger partial charge in [0, 0.05) is 17.4 Å². The van der Waals surface area contributed by atoms with Crippen molar-refractivity contribution >= 4 is 34.8 Å². The number of carbonyl (C=O) groups excluding carboxylic acids is 2. The van der Waals surface area contributed by atoms with Crippen molar-refractivity contribution in [1.29, 1.82) is 0 Å². The third-order valence-corrected chi connectivity index (χ3v) is 5.47. The van der Waals surface area contributed by atoms with E-state index in [4.69, 9.17) is 16.0 Å². The quantitative estimate of drug-likeness (QED) is 0.569. The SMILES string of the molecule is C[C@@H]1C[C@H](N(C(=O)CCl)c2ccccc2)c2ccccc2N1C(=O)c1ccco1. The summed E-state index contributed by atoms with van der Waals surface area (Å²) < 4.78 is 5.34. The minimum absolute atomic E-state index is 0.114. The highest BCUT2D eigenvalue weighted by Crippen LogP contribution is 2.42. The van der Waals surface area contributed by atoms with Crippen LogP contribution in [0.2, 0.25) is 0 Å². The number of amides is 2. The minimum Gasteiger partial charge on any atom is -0.459 e. The van der Waals surface area contributed by atoms with E-state index in [9.17, 15) is 9.59 Å². The van der Waals surface area contributed by atoms with Crippen LogP contribution in [0.4, 0.5) is 11.4 Å². The smallest absolute Gasteiger partial charge is 0.294 e. The molecule has 0 saturated carbocycles. The van der Waals surface area contributed by atoms with Crippen molar-refractivity contribution < 1.29 is 14.0 Å². The Hall–Kier alpha value is -3.05. The lowest BCUT2D eigenvalue weighted by Crippen LogP contribution is -2.48. The second kappa shape index (κ2) is 8.13. The van der Waals surface area contributed by atoms with Crippen LogP contribution >= 0.6 is 11.6 Å². The van der Waals surface area contributed by atoms with E-state index in [0.717, 1.165) is 16.9 Å². The van der Waals surface area contributed by atoms with Crippen LogP contribution in [0.15, 0.2) is 77.4 Å². The Morgan fingerprint density at radius 1 is 1.07 bits per heavy atom. The fourth-order valence-electron chi connectivity index (χ4n) is 4.01. The Balaban J connectivity index is 1.80. The van der Waals surface area contributed by atoms with Gasteiger partial charge in [-0.15, -0.1) is 11.6 Å². The molecule has 2 atom stereocenters. The third kappa shape index (κ3) is 3.54. The molecule has 0 unspecified atom stereocenters. The van der Waals surface area contributed by atoms with Crippen molar-refractivity contribution in [2.24, 2.45) is 0 Å². The summed E-state index contributed by atoms with van der Waals surface area (Å²) in [4.78, 5) is 29.4. The molecule has 0 bridgehead atoms. The summed E-state index contributed by atoms with van der Waals surface area (Å²) >= 11 is 5.96. The standard InChI is InChI=1S/C23H21ClN2O3/c1-16-14-20(26(22(27)15-24)17-8-3-2-4-9-17)18-10-5-6-11-19(18)25(16)23(28)21-12-7-13-29-21/h2-13,16,20H,14-15H2,1H3/t16-,20+/m1/s1. The second-order valence-electron chi connectivity index (χ2n) is 7.04. The van der Waals surface area contributed by atoms with Crippen molar-refractivity contribution in [2.45, 2.75) is 25.4 Å². The number of alkyl halides is 1. The van der Waals surface area contributed by atoms with Crippen molar-refractivity contribution in [2.75, 3.05) is 15.7 Å². The summed E-state index contributed by atoms with van der Waals surface area (Å²) in [6.07, 6.45) is 2.08. The van der Waals surface area contributed by atoms with Gasteiger partial charge in [-0.25, -0.2) is 0 Å². The fourth-order valence-corrected chi connectivity index (χ4v) is 4.13. The molecule has 0 N–H and O–H groups in total. The van der Waals surface area contributed by atoms with Gasteiger partial charge in [-0.3, -0.25) is 9.59 Å². The van der Waals surface area contributed by atoms with Crippen LogP contribution in [0.1, 0.15) is 35.5 Å². The number of nitrogens with zero attached hydrogens (tertiary/aromatic N) is 2. The van der Waals surface area contributed by atoms with Crippen LogP contribution in [0, 0.1) is 0 Å². The van der Waals surface area contributed by atoms with E-state index in [1.807, 2.05) is 61.5 Å². The van der Waals surface area contributed by atoms with E-state index in [2.05, 4.69) is 0 Å². The van der Waals surface area contributed by atoms with Crippen molar-refractivity contribution in [3.05, 3.63) is 84.3 Å². The number of hydrogen-bond acceptors (Lipinski definition) is 3. The van der Waals surface area contributed by atoms with Gasteiger partial charge in [0.15, 0.2) is 5.76 Å². The van der Waals surface area contributed by atoms with E-state index in [1.54, 1.807) is 21.9 Å². The summed E-state index contributed by atoms with van der Waals surface area (Å²) in [6, 6.07) is 20.2. The summed E-state index contributed by atoms with van der Waals surface area (Å²) in [5.74, 6) is -0.183. The first-order valence-corrected chi connectivity index (χ1v) is 10.0. The Morgan fingerprint density at radius 3 is 2.48 bits per heavy atom. The van der Waals surface area contributed by atoms with Gasteiger partial charge in [0.2, 0.25) is 5.91 Å². The van der Waals surface area contributed by atoms with E-state index < -0.39 is 0 Å². The van der Waals surface area contributed by atoms with E-state index in [0.29, 0.717) is 12.2 Å². The van der Waals surface area contributed by atoms with Crippen LogP contribution < -0.4 is 9.80 Å². The first-order valence-electron chi connectivity index (χ1n) is 9.51. The monoisotopic (exact) mass is 408 g/mol. The molecule has 3 aromatic rings. The molecule has 2 heterocycles. The van der Waals surface area contributed by atoms with Crippen LogP contribution in [-0.2, 0) is 4.79 Å². The van der Waals surface area contributed by atoms with Gasteiger partial charge < -0.3 is 14.2 Å². The van der Waals surface area contributed by atoms with Gasteiger partial charge in [-0.05, 0) is 49.2 Å². The molecule has 0 saturated heterocycles. The zero-order valence-corrected chi connectivity index (χ0v) is 16.8. The molecule has 148 valence electrons. The van der Waals surface area contributed by atoms with Crippen LogP contribution in [0.25, 0.3) is 0 Å². The van der Waals surface area contributed by atoms with Gasteiger partial charge in [-0.1, -0.05) is 36.4 Å². The molecule has 5 nitrogen and oxygen atoms in total. The minimum atomic E-state index is -0.226. The molecule has 0 aliphatic carbocycles. The van der Waals surface area contributed by atoms with Crippen molar-refractivity contribution in [3.8, 4) is 0 Å². The van der Waals surface area contributed by atoms with Gasteiger partial charge in [0.05, 0.1) is 12.3 Å². The molecule has 0 radical (unpaired) electrons. The molecule has 1 aliphatic heterocycles. The molecular weight excluding hydrogens is 388 g/mol. The number of anilines is 2. The van der Waals surface area contributed by atoms with Crippen molar-refractivity contribution in [3.63, 3.8) is 0 Å². The molecular formula is C23H21ClN2O3. The highest BCUT2D eigenvalue weighted by atomic mass is 35.5. The van der Waals surface area contributed by atoms with Crippen molar-refractivity contribution in [1.82, 2.24) is 0 Å². The summed E-state index contributed by atoms with van der Waals surface area (Å²) in [7, 11) is 0. The number of hydrogen-bond donors (Lipinski definition) is 0. The number of furan rings is 1. The zero-order valence-electron chi connectivity index (χ0n) is 16.0. The topological polar surface area (TPSA) is 53.8 Å². The molecule has 2 amide bonds. The molecule has 0 fully saturated rings. The molecule has 1 aromatic heterocycles. The maximum Gasteiger partial charge on any atom is 0.294 e. The zero-order chi connectivity index (χ0) is 20.4. The third-order valence-electron chi connectivity index (χ3n) is 5.24. The Kier molecular flexibility index (Phi) is 5.41. The highest BCUT2D eigenvalue weighted by Gasteiger charge is 2.39. The number of fused-ring (bicyclic) bond motifs is 1. The van der Waals surface area contributed by atoms with E-state index >= 15 is 0 Å². The van der Waals surface area contributed by atoms with Crippen LogP contribution in [0.5, 0.6) is 0 Å². The molecule has 29 heavy (non-hydrogen) atoms. The maximum atomic E-state index is 13.1. The number of para-hydroxylation sites is 2. The number of rotatable bonds is 4. The lowest BCUT2D eigenvalue weighted by molar-refractivity contribution is -0.116. The molecule has 1 aliphatic rings. The van der Waals surface area contributed by atoms with E-state index in [-0.39, 0.29) is 29.8 Å². The molecule has 6 heteroatoms. The Labute approximate surface area is 174 Å². The number of halogens is 1. The lowest BCUT2D eigenvalue weighted by atomic mass is 9.89.